The van der Waals surface area contributed by atoms with E-state index in [-0.39, 0.29) is 5.97 Å². The van der Waals surface area contributed by atoms with Gasteiger partial charge in [0.25, 0.3) is 0 Å². The Labute approximate surface area is 91.2 Å². The number of alkyl halides is 1. The average Bonchev–Trinajstić information content (AvgIpc) is 2.22. The number of cyclic esters (lactones) is 1. The van der Waals surface area contributed by atoms with Gasteiger partial charge >= 0.3 is 5.97 Å². The molecule has 1 saturated heterocycles. The summed E-state index contributed by atoms with van der Waals surface area (Å²) in [5.41, 5.74) is 0. The molecule has 0 saturated carbocycles. The number of esters is 1. The zero-order valence-electron chi connectivity index (χ0n) is 9.34. The van der Waals surface area contributed by atoms with E-state index in [0.717, 1.165) is 25.7 Å². The van der Waals surface area contributed by atoms with Gasteiger partial charge in [0.15, 0.2) is 0 Å². The van der Waals surface area contributed by atoms with E-state index < -0.39 is 12.8 Å². The summed E-state index contributed by atoms with van der Waals surface area (Å²) < 4.78 is 17.6. The Morgan fingerprint density at radius 1 is 1.07 bits per heavy atom. The van der Waals surface area contributed by atoms with Crippen molar-refractivity contribution < 1.29 is 13.9 Å². The largest absolute Gasteiger partial charge is 0.460 e. The molecule has 0 N–H and O–H groups in total. The Bertz CT molecular complexity index is 182. The van der Waals surface area contributed by atoms with Crippen LogP contribution in [-0.2, 0) is 9.53 Å². The molecule has 0 aromatic carbocycles. The van der Waals surface area contributed by atoms with Crippen molar-refractivity contribution in [1.29, 1.82) is 0 Å². The maximum absolute atomic E-state index is 12.5. The Kier molecular flexibility index (Phi) is 6.37. The number of rotatable bonds is 1. The van der Waals surface area contributed by atoms with E-state index in [2.05, 4.69) is 0 Å². The first-order valence-corrected chi connectivity index (χ1v) is 6.08. The fourth-order valence-electron chi connectivity index (χ4n) is 1.94. The van der Waals surface area contributed by atoms with Crippen LogP contribution in [0.4, 0.5) is 4.39 Å². The topological polar surface area (TPSA) is 26.3 Å². The first kappa shape index (κ1) is 12.5. The summed E-state index contributed by atoms with van der Waals surface area (Å²) in [4.78, 5) is 11.3. The smallest absolute Gasteiger partial charge is 0.306 e. The highest BCUT2D eigenvalue weighted by molar-refractivity contribution is 5.69. The summed E-state index contributed by atoms with van der Waals surface area (Å²) >= 11 is 0. The van der Waals surface area contributed by atoms with Crippen LogP contribution >= 0.6 is 0 Å². The molecule has 0 bridgehead atoms. The summed E-state index contributed by atoms with van der Waals surface area (Å²) in [5, 5.41) is 0. The van der Waals surface area contributed by atoms with Gasteiger partial charge in [-0.25, -0.2) is 4.39 Å². The van der Waals surface area contributed by atoms with E-state index in [0.29, 0.717) is 12.8 Å². The van der Waals surface area contributed by atoms with Crippen LogP contribution in [0.1, 0.15) is 57.8 Å². The summed E-state index contributed by atoms with van der Waals surface area (Å²) in [6.45, 7) is -0.536. The van der Waals surface area contributed by atoms with Gasteiger partial charge in [0.1, 0.15) is 12.8 Å². The van der Waals surface area contributed by atoms with Gasteiger partial charge in [0, 0.05) is 6.42 Å². The molecule has 1 fully saturated rings. The second-order valence-corrected chi connectivity index (χ2v) is 4.28. The second-order valence-electron chi connectivity index (χ2n) is 4.28. The van der Waals surface area contributed by atoms with Crippen molar-refractivity contribution in [2.24, 2.45) is 0 Å². The quantitative estimate of drug-likeness (QED) is 0.628. The number of carbonyl (C=O) groups is 1. The lowest BCUT2D eigenvalue weighted by atomic mass is 10.0. The minimum absolute atomic E-state index is 0.224. The van der Waals surface area contributed by atoms with Gasteiger partial charge in [-0.1, -0.05) is 32.1 Å². The summed E-state index contributed by atoms with van der Waals surface area (Å²) in [5.74, 6) is -0.224. The lowest BCUT2D eigenvalue weighted by molar-refractivity contribution is -0.150. The van der Waals surface area contributed by atoms with E-state index in [9.17, 15) is 9.18 Å². The molecule has 1 heterocycles. The first-order chi connectivity index (χ1) is 7.33. The van der Waals surface area contributed by atoms with Crippen LogP contribution in [0.15, 0.2) is 0 Å². The van der Waals surface area contributed by atoms with Gasteiger partial charge < -0.3 is 4.74 Å². The molecule has 15 heavy (non-hydrogen) atoms. The zero-order chi connectivity index (χ0) is 10.9. The van der Waals surface area contributed by atoms with Crippen molar-refractivity contribution in [2.45, 2.75) is 63.9 Å². The highest BCUT2D eigenvalue weighted by atomic mass is 19.1. The summed E-state index contributed by atoms with van der Waals surface area (Å²) in [7, 11) is 0. The van der Waals surface area contributed by atoms with Crippen LogP contribution in [0.5, 0.6) is 0 Å². The van der Waals surface area contributed by atoms with Crippen molar-refractivity contribution in [2.75, 3.05) is 6.67 Å². The van der Waals surface area contributed by atoms with Gasteiger partial charge in [0.2, 0.25) is 0 Å². The van der Waals surface area contributed by atoms with E-state index in [1.54, 1.807) is 0 Å². The number of carbonyl (C=O) groups excluding carboxylic acids is 1. The SMILES string of the molecule is O=C1CCCCCCCCCC(CF)O1. The summed E-state index contributed by atoms with van der Waals surface area (Å²) in [6, 6.07) is 0. The Hall–Kier alpha value is -0.600. The minimum Gasteiger partial charge on any atom is -0.460 e. The summed E-state index contributed by atoms with van der Waals surface area (Å²) in [6.07, 6.45) is 8.42. The van der Waals surface area contributed by atoms with Crippen molar-refractivity contribution in [3.8, 4) is 0 Å². The van der Waals surface area contributed by atoms with Crippen molar-refractivity contribution in [3.63, 3.8) is 0 Å². The normalized spacial score (nSPS) is 26.2. The number of ether oxygens (including phenoxy) is 1. The molecule has 1 aliphatic rings. The lowest BCUT2D eigenvalue weighted by Crippen LogP contribution is -2.20. The predicted molar refractivity (Wildman–Crippen MR) is 57.4 cm³/mol. The highest BCUT2D eigenvalue weighted by Gasteiger charge is 2.14. The second kappa shape index (κ2) is 7.66. The van der Waals surface area contributed by atoms with Gasteiger partial charge in [-0.2, -0.15) is 0 Å². The van der Waals surface area contributed by atoms with Crippen LogP contribution in [0.2, 0.25) is 0 Å². The van der Waals surface area contributed by atoms with Crippen molar-refractivity contribution in [1.82, 2.24) is 0 Å². The van der Waals surface area contributed by atoms with Crippen LogP contribution in [0, 0.1) is 0 Å². The molecule has 1 rings (SSSR count). The zero-order valence-corrected chi connectivity index (χ0v) is 9.34. The molecule has 0 amide bonds. The lowest BCUT2D eigenvalue weighted by Gasteiger charge is -2.15. The molecular weight excluding hydrogens is 195 g/mol. The van der Waals surface area contributed by atoms with Crippen molar-refractivity contribution in [3.05, 3.63) is 0 Å². The number of hydrogen-bond donors (Lipinski definition) is 0. The highest BCUT2D eigenvalue weighted by Crippen LogP contribution is 2.15. The molecule has 1 atom stereocenters. The molecule has 0 aliphatic carbocycles. The predicted octanol–water partition coefficient (Wildman–Crippen LogP) is 3.39. The van der Waals surface area contributed by atoms with E-state index in [4.69, 9.17) is 4.74 Å². The Morgan fingerprint density at radius 3 is 2.33 bits per heavy atom. The molecule has 0 spiro atoms. The standard InChI is InChI=1S/C12H21FO2/c13-10-11-8-6-4-2-1-3-5-7-9-12(14)15-11/h11H,1-10H2. The van der Waals surface area contributed by atoms with Crippen LogP contribution in [0.3, 0.4) is 0 Å². The molecule has 0 radical (unpaired) electrons. The maximum atomic E-state index is 12.5. The van der Waals surface area contributed by atoms with Crippen molar-refractivity contribution >= 4 is 5.97 Å². The fraction of sp³-hybridized carbons (Fsp3) is 0.917. The number of halogens is 1. The maximum Gasteiger partial charge on any atom is 0.306 e. The van der Waals surface area contributed by atoms with Crippen LogP contribution in [0.25, 0.3) is 0 Å². The van der Waals surface area contributed by atoms with Gasteiger partial charge in [-0.3, -0.25) is 4.79 Å². The number of hydrogen-bond acceptors (Lipinski definition) is 2. The van der Waals surface area contributed by atoms with E-state index in [1.807, 2.05) is 0 Å². The van der Waals surface area contributed by atoms with Crippen LogP contribution < -0.4 is 0 Å². The van der Waals surface area contributed by atoms with E-state index >= 15 is 0 Å². The minimum atomic E-state index is -0.536. The molecular formula is C12H21FO2. The fourth-order valence-corrected chi connectivity index (χ4v) is 1.94. The van der Waals surface area contributed by atoms with E-state index in [1.165, 1.54) is 19.3 Å². The monoisotopic (exact) mass is 216 g/mol. The molecule has 1 unspecified atom stereocenters. The first-order valence-electron chi connectivity index (χ1n) is 6.08. The average molecular weight is 216 g/mol. The molecule has 1 aliphatic heterocycles. The molecule has 3 heteroatoms. The third-order valence-electron chi connectivity index (χ3n) is 2.88. The molecule has 88 valence electrons. The molecule has 0 aromatic heterocycles. The Morgan fingerprint density at radius 2 is 1.67 bits per heavy atom. The Balaban J connectivity index is 2.32. The van der Waals surface area contributed by atoms with Gasteiger partial charge in [-0.15, -0.1) is 0 Å². The molecule has 0 aromatic rings. The molecule has 2 nitrogen and oxygen atoms in total. The third kappa shape index (κ3) is 5.75. The third-order valence-corrected chi connectivity index (χ3v) is 2.88. The van der Waals surface area contributed by atoms with Gasteiger partial charge in [-0.05, 0) is 19.3 Å². The van der Waals surface area contributed by atoms with Gasteiger partial charge in [0.05, 0.1) is 0 Å². The van der Waals surface area contributed by atoms with Crippen LogP contribution in [-0.4, -0.2) is 18.7 Å².